The lowest BCUT2D eigenvalue weighted by Crippen LogP contribution is -2.45. The number of ether oxygens (including phenoxy) is 1. The van der Waals surface area contributed by atoms with Crippen LogP contribution in [0.2, 0.25) is 0 Å². The fourth-order valence-corrected chi connectivity index (χ4v) is 14.0. The minimum Gasteiger partial charge on any atom is -0.466 e. The van der Waals surface area contributed by atoms with Crippen LogP contribution in [0.15, 0.2) is 0 Å². The highest BCUT2D eigenvalue weighted by Crippen LogP contribution is 2.21. The van der Waals surface area contributed by atoms with Gasteiger partial charge in [0, 0.05) is 12.8 Å². The summed E-state index contributed by atoms with van der Waals surface area (Å²) in [6.45, 7) is 5.02. The van der Waals surface area contributed by atoms with Crippen LogP contribution >= 0.6 is 0 Å². The number of nitrogens with one attached hydrogen (secondary N) is 1. The molecule has 6 nitrogen and oxygen atoms in total. The van der Waals surface area contributed by atoms with E-state index in [2.05, 4.69) is 19.2 Å². The lowest BCUT2D eigenvalue weighted by atomic mass is 10.0. The number of esters is 1. The SMILES string of the molecule is CCCCCCCCCCCCCCCCCCCCCCCCCCCC(O)C(CO)NC(=O)CCCCCCCCCCCCCCCCCCCCCCCCCCCCCCCCCCCCCOC(=O)CCCCCCCCCCCCCCC. The maximum Gasteiger partial charge on any atom is 0.305 e. The lowest BCUT2D eigenvalue weighted by molar-refractivity contribution is -0.143. The summed E-state index contributed by atoms with van der Waals surface area (Å²) in [6, 6.07) is -0.538. The molecule has 0 bridgehead atoms. The Morgan fingerprint density at radius 1 is 0.267 bits per heavy atom. The van der Waals surface area contributed by atoms with Crippen LogP contribution in [0.4, 0.5) is 0 Å². The summed E-state index contributed by atoms with van der Waals surface area (Å²) in [6.07, 6.45) is 101. The molecule has 0 radical (unpaired) electrons. The molecule has 90 heavy (non-hydrogen) atoms. The maximum atomic E-state index is 12.6. The largest absolute Gasteiger partial charge is 0.466 e. The van der Waals surface area contributed by atoms with Crippen LogP contribution in [0.25, 0.3) is 0 Å². The van der Waals surface area contributed by atoms with Crippen molar-refractivity contribution >= 4 is 11.9 Å². The van der Waals surface area contributed by atoms with Crippen LogP contribution in [-0.2, 0) is 14.3 Å². The number of rotatable bonds is 81. The van der Waals surface area contributed by atoms with E-state index < -0.39 is 12.1 Å². The molecule has 2 unspecified atom stereocenters. The first-order valence-electron chi connectivity index (χ1n) is 42.3. The average molecular weight is 1270 g/mol. The Bertz CT molecular complexity index is 1320. The number of amides is 1. The van der Waals surface area contributed by atoms with Crippen LogP contribution in [-0.4, -0.2) is 47.4 Å². The molecule has 6 heteroatoms. The van der Waals surface area contributed by atoms with Gasteiger partial charge in [0.15, 0.2) is 0 Å². The molecule has 3 N–H and O–H groups in total. The van der Waals surface area contributed by atoms with Crippen LogP contribution < -0.4 is 5.32 Å². The number of carbonyl (C=O) groups is 2. The number of aliphatic hydroxyl groups excluding tert-OH is 2. The summed E-state index contributed by atoms with van der Waals surface area (Å²) < 4.78 is 5.50. The molecule has 0 aliphatic heterocycles. The van der Waals surface area contributed by atoms with Gasteiger partial charge in [-0.1, -0.05) is 463 Å². The molecule has 0 heterocycles. The van der Waals surface area contributed by atoms with E-state index >= 15 is 0 Å². The quantitative estimate of drug-likeness (QED) is 0.0417. The molecule has 1 amide bonds. The highest BCUT2D eigenvalue weighted by Gasteiger charge is 2.20. The summed E-state index contributed by atoms with van der Waals surface area (Å²) in [5, 5.41) is 23.5. The van der Waals surface area contributed by atoms with Crippen LogP contribution in [0.1, 0.15) is 502 Å². The molecule has 0 fully saturated rings. The van der Waals surface area contributed by atoms with Crippen molar-refractivity contribution in [3.8, 4) is 0 Å². The second kappa shape index (κ2) is 80.3. The van der Waals surface area contributed by atoms with Crippen molar-refractivity contribution in [2.24, 2.45) is 0 Å². The van der Waals surface area contributed by atoms with Gasteiger partial charge in [-0.2, -0.15) is 0 Å². The van der Waals surface area contributed by atoms with E-state index in [4.69, 9.17) is 4.74 Å². The minimum absolute atomic E-state index is 0.0226. The van der Waals surface area contributed by atoms with E-state index in [0.29, 0.717) is 25.9 Å². The molecule has 0 rings (SSSR count). The number of aliphatic hydroxyl groups is 2. The first kappa shape index (κ1) is 88.9. The molecule has 0 aliphatic carbocycles. The molecule has 0 spiro atoms. The zero-order valence-corrected chi connectivity index (χ0v) is 61.9. The average Bonchev–Trinajstić information content (AvgIpc) is 3.70. The third kappa shape index (κ3) is 75.9. The van der Waals surface area contributed by atoms with Crippen LogP contribution in [0.5, 0.6) is 0 Å². The smallest absolute Gasteiger partial charge is 0.305 e. The highest BCUT2D eigenvalue weighted by molar-refractivity contribution is 5.76. The first-order valence-corrected chi connectivity index (χ1v) is 42.3. The molecular formula is C84H167NO5. The number of carbonyl (C=O) groups excluding carboxylic acids is 2. The first-order chi connectivity index (χ1) is 44.5. The summed E-state index contributed by atoms with van der Waals surface area (Å²) in [7, 11) is 0. The van der Waals surface area contributed by atoms with Crippen LogP contribution in [0, 0.1) is 0 Å². The van der Waals surface area contributed by atoms with Gasteiger partial charge < -0.3 is 20.3 Å². The monoisotopic (exact) mass is 1270 g/mol. The van der Waals surface area contributed by atoms with Gasteiger partial charge in [0.2, 0.25) is 5.91 Å². The zero-order valence-electron chi connectivity index (χ0n) is 61.9. The van der Waals surface area contributed by atoms with E-state index in [1.54, 1.807) is 0 Å². The Kier molecular flexibility index (Phi) is 79.3. The normalized spacial score (nSPS) is 12.4. The van der Waals surface area contributed by atoms with Crippen molar-refractivity contribution in [2.45, 2.75) is 514 Å². The van der Waals surface area contributed by atoms with Gasteiger partial charge in [-0.05, 0) is 25.7 Å². The van der Waals surface area contributed by atoms with Gasteiger partial charge in [-0.25, -0.2) is 0 Å². The number of hydrogen-bond donors (Lipinski definition) is 3. The Morgan fingerprint density at radius 2 is 0.456 bits per heavy atom. The van der Waals surface area contributed by atoms with E-state index in [1.807, 2.05) is 0 Å². The van der Waals surface area contributed by atoms with Gasteiger partial charge in [0.1, 0.15) is 0 Å². The Hall–Kier alpha value is -1.14. The molecule has 0 aromatic heterocycles. The van der Waals surface area contributed by atoms with Crippen molar-refractivity contribution < 1.29 is 24.5 Å². The van der Waals surface area contributed by atoms with Gasteiger partial charge in [-0.15, -0.1) is 0 Å². The van der Waals surface area contributed by atoms with E-state index in [1.165, 1.54) is 430 Å². The van der Waals surface area contributed by atoms with Gasteiger partial charge >= 0.3 is 5.97 Å². The number of unbranched alkanes of at least 4 members (excludes halogenated alkanes) is 70. The van der Waals surface area contributed by atoms with Crippen molar-refractivity contribution in [3.63, 3.8) is 0 Å². The maximum absolute atomic E-state index is 12.6. The molecular weight excluding hydrogens is 1100 g/mol. The minimum atomic E-state index is -0.661. The van der Waals surface area contributed by atoms with Gasteiger partial charge in [0.05, 0.1) is 25.4 Å². The molecule has 0 saturated heterocycles. The predicted molar refractivity (Wildman–Crippen MR) is 398 cm³/mol. The summed E-state index contributed by atoms with van der Waals surface area (Å²) in [4.78, 5) is 24.7. The van der Waals surface area contributed by atoms with Crippen molar-refractivity contribution in [1.82, 2.24) is 5.32 Å². The fraction of sp³-hybridized carbons (Fsp3) is 0.976. The van der Waals surface area contributed by atoms with E-state index in [0.717, 1.165) is 38.5 Å². The van der Waals surface area contributed by atoms with Crippen molar-refractivity contribution in [3.05, 3.63) is 0 Å². The second-order valence-electron chi connectivity index (χ2n) is 29.5. The third-order valence-corrected chi connectivity index (χ3v) is 20.4. The third-order valence-electron chi connectivity index (χ3n) is 20.4. The molecule has 0 aromatic rings. The number of hydrogen-bond acceptors (Lipinski definition) is 5. The van der Waals surface area contributed by atoms with E-state index in [-0.39, 0.29) is 18.5 Å². The van der Waals surface area contributed by atoms with Gasteiger partial charge in [0.25, 0.3) is 0 Å². The fourth-order valence-electron chi connectivity index (χ4n) is 14.0. The highest BCUT2D eigenvalue weighted by atomic mass is 16.5. The topological polar surface area (TPSA) is 95.9 Å². The zero-order chi connectivity index (χ0) is 64.9. The van der Waals surface area contributed by atoms with Gasteiger partial charge in [-0.3, -0.25) is 9.59 Å². The summed E-state index contributed by atoms with van der Waals surface area (Å²) in [5.41, 5.74) is 0. The second-order valence-corrected chi connectivity index (χ2v) is 29.5. The molecule has 0 saturated carbocycles. The van der Waals surface area contributed by atoms with Crippen molar-refractivity contribution in [2.75, 3.05) is 13.2 Å². The molecule has 2 atom stereocenters. The Labute approximate surface area is 566 Å². The predicted octanol–water partition coefficient (Wildman–Crippen LogP) is 28.1. The molecule has 0 aromatic carbocycles. The van der Waals surface area contributed by atoms with Crippen LogP contribution in [0.3, 0.4) is 0 Å². The Morgan fingerprint density at radius 3 is 0.678 bits per heavy atom. The van der Waals surface area contributed by atoms with E-state index in [9.17, 15) is 19.8 Å². The summed E-state index contributed by atoms with van der Waals surface area (Å²) in [5.74, 6) is 0.00315. The Balaban J connectivity index is 3.31. The summed E-state index contributed by atoms with van der Waals surface area (Å²) >= 11 is 0. The molecule has 0 aliphatic rings. The van der Waals surface area contributed by atoms with Crippen molar-refractivity contribution in [1.29, 1.82) is 0 Å². The standard InChI is InChI=1S/C84H167NO5/c1-3-5-7-9-11-13-15-17-18-19-20-21-22-34-37-40-43-46-49-53-56-60-64-68-72-76-82(87)81(80-86)85-83(88)77-73-69-65-61-57-54-50-47-44-41-38-35-32-30-28-26-24-23-25-27-29-31-33-36-39-42-45-48-51-55-59-63-67-71-75-79-90-84(89)78-74-70-66-62-58-52-16-14-12-10-8-6-4-2/h81-82,86-87H,3-80H2,1-2H3,(H,85,88). The lowest BCUT2D eigenvalue weighted by Gasteiger charge is -2.22. The molecule has 538 valence electrons.